The number of ether oxygens (including phenoxy) is 2. The normalized spacial score (nSPS) is 12.8. The third-order valence-corrected chi connectivity index (χ3v) is 4.07. The monoisotopic (exact) mass is 399 g/mol. The minimum atomic E-state index is -0.929. The summed E-state index contributed by atoms with van der Waals surface area (Å²) in [5.41, 5.74) is 1.24. The zero-order chi connectivity index (χ0) is 20.8. The summed E-state index contributed by atoms with van der Waals surface area (Å²) in [5.74, 6) is -0.972. The molecule has 3 amide bonds. The molecule has 0 radical (unpaired) electrons. The van der Waals surface area contributed by atoms with Crippen LogP contribution in [0, 0.1) is 0 Å². The number of carbonyl (C=O) groups is 3. The average Bonchev–Trinajstić information content (AvgIpc) is 3.18. The van der Waals surface area contributed by atoms with E-state index < -0.39 is 23.8 Å². The maximum Gasteiger partial charge on any atom is 0.313 e. The number of aliphatic hydroxyl groups is 1. The third kappa shape index (κ3) is 5.23. The maximum atomic E-state index is 12.6. The lowest BCUT2D eigenvalue weighted by Crippen LogP contribution is -2.39. The van der Waals surface area contributed by atoms with Crippen LogP contribution in [0.15, 0.2) is 42.5 Å². The standard InChI is InChI=1S/C20H21N3O6/c1-12(24)9-21-19(26)20(27)23-15-5-3-2-4-14(15)18(25)22-10-13-6-7-16-17(8-13)29-11-28-16/h2-8,12,24H,9-11H2,1H3,(H,21,26)(H,22,25)(H,23,27)/t12-/m0/s1. The van der Waals surface area contributed by atoms with E-state index in [0.717, 1.165) is 5.56 Å². The number of aliphatic hydroxyl groups excluding tert-OH is 1. The van der Waals surface area contributed by atoms with Gasteiger partial charge >= 0.3 is 11.8 Å². The van der Waals surface area contributed by atoms with Crippen LogP contribution in [0.4, 0.5) is 5.69 Å². The summed E-state index contributed by atoms with van der Waals surface area (Å²) in [6.45, 7) is 1.84. The Bertz CT molecular complexity index is 928. The molecule has 2 aromatic carbocycles. The third-order valence-electron chi connectivity index (χ3n) is 4.07. The van der Waals surface area contributed by atoms with Crippen molar-refractivity contribution in [3.05, 3.63) is 53.6 Å². The summed E-state index contributed by atoms with van der Waals surface area (Å²) >= 11 is 0. The number of benzene rings is 2. The van der Waals surface area contributed by atoms with E-state index >= 15 is 0 Å². The highest BCUT2D eigenvalue weighted by molar-refractivity contribution is 6.40. The molecule has 152 valence electrons. The molecule has 1 aliphatic heterocycles. The molecule has 0 saturated carbocycles. The fourth-order valence-corrected chi connectivity index (χ4v) is 2.62. The first-order valence-electron chi connectivity index (χ1n) is 8.97. The Balaban J connectivity index is 1.62. The van der Waals surface area contributed by atoms with Crippen molar-refractivity contribution in [1.82, 2.24) is 10.6 Å². The fraction of sp³-hybridized carbons (Fsp3) is 0.250. The van der Waals surface area contributed by atoms with Crippen molar-refractivity contribution in [1.29, 1.82) is 0 Å². The number of rotatable bonds is 6. The van der Waals surface area contributed by atoms with Crippen molar-refractivity contribution >= 4 is 23.4 Å². The van der Waals surface area contributed by atoms with Gasteiger partial charge in [-0.2, -0.15) is 0 Å². The van der Waals surface area contributed by atoms with Crippen molar-refractivity contribution < 1.29 is 29.0 Å². The molecule has 1 atom stereocenters. The van der Waals surface area contributed by atoms with Crippen LogP contribution in [-0.4, -0.2) is 42.3 Å². The summed E-state index contributed by atoms with van der Waals surface area (Å²) in [4.78, 5) is 36.4. The Labute approximate surface area is 167 Å². The number of carbonyl (C=O) groups excluding carboxylic acids is 3. The number of amides is 3. The van der Waals surface area contributed by atoms with Crippen LogP contribution >= 0.6 is 0 Å². The highest BCUT2D eigenvalue weighted by Gasteiger charge is 2.18. The lowest BCUT2D eigenvalue weighted by Gasteiger charge is -2.12. The molecular weight excluding hydrogens is 378 g/mol. The lowest BCUT2D eigenvalue weighted by atomic mass is 10.1. The molecule has 1 aliphatic rings. The molecule has 0 saturated heterocycles. The number of hydrogen-bond donors (Lipinski definition) is 4. The summed E-state index contributed by atoms with van der Waals surface area (Å²) in [6, 6.07) is 11.7. The second-order valence-electron chi connectivity index (χ2n) is 6.43. The predicted octanol–water partition coefficient (Wildman–Crippen LogP) is 0.781. The van der Waals surface area contributed by atoms with Gasteiger partial charge in [0.1, 0.15) is 0 Å². The van der Waals surface area contributed by atoms with Gasteiger partial charge in [0.25, 0.3) is 5.91 Å². The zero-order valence-corrected chi connectivity index (χ0v) is 15.7. The van der Waals surface area contributed by atoms with Gasteiger partial charge in [-0.1, -0.05) is 18.2 Å². The topological polar surface area (TPSA) is 126 Å². The number of hydrogen-bond acceptors (Lipinski definition) is 6. The highest BCUT2D eigenvalue weighted by Crippen LogP contribution is 2.32. The molecule has 1 heterocycles. The van der Waals surface area contributed by atoms with Crippen LogP contribution in [0.25, 0.3) is 0 Å². The Kier molecular flexibility index (Phi) is 6.30. The smallest absolute Gasteiger partial charge is 0.313 e. The summed E-state index contributed by atoms with van der Waals surface area (Å²) in [5, 5.41) is 16.7. The van der Waals surface area contributed by atoms with Gasteiger partial charge in [0.15, 0.2) is 11.5 Å². The lowest BCUT2D eigenvalue weighted by molar-refractivity contribution is -0.136. The molecule has 9 nitrogen and oxygen atoms in total. The minimum Gasteiger partial charge on any atom is -0.454 e. The second-order valence-corrected chi connectivity index (χ2v) is 6.43. The van der Waals surface area contributed by atoms with Gasteiger partial charge in [-0.3, -0.25) is 14.4 Å². The number of para-hydroxylation sites is 1. The Hall–Kier alpha value is -3.59. The van der Waals surface area contributed by atoms with E-state index in [9.17, 15) is 19.5 Å². The second kappa shape index (κ2) is 9.07. The molecule has 3 rings (SSSR count). The van der Waals surface area contributed by atoms with E-state index in [1.165, 1.54) is 19.1 Å². The molecular formula is C20H21N3O6. The van der Waals surface area contributed by atoms with Crippen molar-refractivity contribution in [2.24, 2.45) is 0 Å². The molecule has 4 N–H and O–H groups in total. The van der Waals surface area contributed by atoms with Crippen molar-refractivity contribution in [2.45, 2.75) is 19.6 Å². The van der Waals surface area contributed by atoms with Gasteiger partial charge in [0.2, 0.25) is 6.79 Å². The Morgan fingerprint density at radius 1 is 1.03 bits per heavy atom. The molecule has 0 unspecified atom stereocenters. The average molecular weight is 399 g/mol. The number of fused-ring (bicyclic) bond motifs is 1. The largest absolute Gasteiger partial charge is 0.454 e. The quantitative estimate of drug-likeness (QED) is 0.532. The molecule has 0 spiro atoms. The minimum absolute atomic E-state index is 0.0517. The van der Waals surface area contributed by atoms with Crippen LogP contribution in [-0.2, 0) is 16.1 Å². The Morgan fingerprint density at radius 2 is 1.79 bits per heavy atom. The van der Waals surface area contributed by atoms with E-state index in [1.54, 1.807) is 24.3 Å². The summed E-state index contributed by atoms with van der Waals surface area (Å²) < 4.78 is 10.6. The van der Waals surface area contributed by atoms with E-state index in [4.69, 9.17) is 9.47 Å². The predicted molar refractivity (Wildman–Crippen MR) is 103 cm³/mol. The van der Waals surface area contributed by atoms with Crippen molar-refractivity contribution in [3.8, 4) is 11.5 Å². The van der Waals surface area contributed by atoms with Gasteiger partial charge < -0.3 is 30.5 Å². The number of anilines is 1. The van der Waals surface area contributed by atoms with Crippen LogP contribution in [0.3, 0.4) is 0 Å². The van der Waals surface area contributed by atoms with Crippen LogP contribution in [0.1, 0.15) is 22.8 Å². The van der Waals surface area contributed by atoms with Gasteiger partial charge in [-0.05, 0) is 36.8 Å². The van der Waals surface area contributed by atoms with Gasteiger partial charge in [-0.15, -0.1) is 0 Å². The first kappa shape index (κ1) is 20.2. The maximum absolute atomic E-state index is 12.6. The SMILES string of the molecule is C[C@H](O)CNC(=O)C(=O)Nc1ccccc1C(=O)NCc1ccc2c(c1)OCO2. The first-order valence-corrected chi connectivity index (χ1v) is 8.97. The van der Waals surface area contributed by atoms with E-state index in [1.807, 2.05) is 6.07 Å². The van der Waals surface area contributed by atoms with Gasteiger partial charge in [-0.25, -0.2) is 0 Å². The van der Waals surface area contributed by atoms with E-state index in [2.05, 4.69) is 16.0 Å². The summed E-state index contributed by atoms with van der Waals surface area (Å²) in [6.07, 6.45) is -0.777. The van der Waals surface area contributed by atoms with Crippen molar-refractivity contribution in [2.75, 3.05) is 18.7 Å². The molecule has 0 fully saturated rings. The Morgan fingerprint density at radius 3 is 2.59 bits per heavy atom. The zero-order valence-electron chi connectivity index (χ0n) is 15.7. The van der Waals surface area contributed by atoms with Crippen LogP contribution < -0.4 is 25.4 Å². The van der Waals surface area contributed by atoms with E-state index in [0.29, 0.717) is 11.5 Å². The summed E-state index contributed by atoms with van der Waals surface area (Å²) in [7, 11) is 0. The van der Waals surface area contributed by atoms with E-state index in [-0.39, 0.29) is 31.1 Å². The van der Waals surface area contributed by atoms with Crippen molar-refractivity contribution in [3.63, 3.8) is 0 Å². The highest BCUT2D eigenvalue weighted by atomic mass is 16.7. The molecule has 0 aromatic heterocycles. The van der Waals surface area contributed by atoms with Crippen LogP contribution in [0.2, 0.25) is 0 Å². The molecule has 0 aliphatic carbocycles. The first-order chi connectivity index (χ1) is 13.9. The van der Waals surface area contributed by atoms with Gasteiger partial charge in [0, 0.05) is 13.1 Å². The fourth-order valence-electron chi connectivity index (χ4n) is 2.62. The molecule has 0 bridgehead atoms. The van der Waals surface area contributed by atoms with Gasteiger partial charge in [0.05, 0.1) is 17.4 Å². The molecule has 9 heteroatoms. The molecule has 2 aromatic rings. The van der Waals surface area contributed by atoms with Crippen LogP contribution in [0.5, 0.6) is 11.5 Å². The number of nitrogens with one attached hydrogen (secondary N) is 3. The molecule has 29 heavy (non-hydrogen) atoms.